The van der Waals surface area contributed by atoms with Gasteiger partial charge in [0.25, 0.3) is 0 Å². The molecule has 10 rings (SSSR count). The number of nitrogens with zero attached hydrogens (tertiary/aromatic N) is 4. The van der Waals surface area contributed by atoms with Crippen molar-refractivity contribution in [3.8, 4) is 33.8 Å². The van der Waals surface area contributed by atoms with E-state index < -0.39 is 35.1 Å². The molecule has 2 saturated heterocycles. The molecule has 3 aliphatic heterocycles. The van der Waals surface area contributed by atoms with Crippen LogP contribution in [0.1, 0.15) is 84.8 Å². The summed E-state index contributed by atoms with van der Waals surface area (Å²) in [6.45, 7) is 4.03. The number of carbonyl (C=O) groups is 4. The lowest BCUT2D eigenvalue weighted by molar-refractivity contribution is -0.138. The van der Waals surface area contributed by atoms with Gasteiger partial charge in [0.1, 0.15) is 11.6 Å². The third kappa shape index (κ3) is 8.87. The van der Waals surface area contributed by atoms with Crippen molar-refractivity contribution in [1.29, 1.82) is 0 Å². The smallest absolute Gasteiger partial charge is 0.329 e. The number of fused-ring (bicyclic) bond motifs is 2. The van der Waals surface area contributed by atoms with Crippen LogP contribution in [0, 0.1) is 23.5 Å². The maximum absolute atomic E-state index is 16.2. The summed E-state index contributed by atoms with van der Waals surface area (Å²) in [5.74, 6) is -2.19. The number of nitrogens with two attached hydrogens (primary N) is 1. The minimum atomic E-state index is -1.07. The number of hydrogen-bond donors (Lipinski definition) is 3. The van der Waals surface area contributed by atoms with E-state index in [1.165, 1.54) is 35.8 Å². The highest BCUT2D eigenvalue weighted by Gasteiger charge is 2.50. The average Bonchev–Trinajstić information content (AvgIpc) is 3.86. The number of urea groups is 1. The van der Waals surface area contributed by atoms with E-state index in [0.29, 0.717) is 23.8 Å². The number of primary amides is 1. The number of nitrogens with one attached hydrogen (secondary N) is 2. The fourth-order valence-corrected chi connectivity index (χ4v) is 11.6. The van der Waals surface area contributed by atoms with Crippen molar-refractivity contribution in [3.05, 3.63) is 130 Å². The van der Waals surface area contributed by atoms with E-state index in [4.69, 9.17) is 26.8 Å². The SMILES string of the molecule is COc1ccc(C(N)=O)c(-c2c(Cl)c(F)cc3c2[C@H](C)[C@@](CNC2CCC(C(=O)N4CCC(Cc5ccc(-c6ccc7c(N8CCC(=O)NC8=O)nn(C)c7c6)cc5)CC4)CC2)(c2ccccc2)O3)c1F. The first-order chi connectivity index (χ1) is 34.2. The molecule has 3 fully saturated rings. The molecule has 0 unspecified atom stereocenters. The molecule has 6 aromatic rings. The summed E-state index contributed by atoms with van der Waals surface area (Å²) in [5.41, 5.74) is 9.80. The molecular weight excluding hydrogens is 928 g/mol. The van der Waals surface area contributed by atoms with Gasteiger partial charge in [0, 0.05) is 85.7 Å². The molecule has 2 atom stereocenters. The van der Waals surface area contributed by atoms with Gasteiger partial charge in [0.2, 0.25) is 17.7 Å². The van der Waals surface area contributed by atoms with Crippen molar-refractivity contribution in [3.63, 3.8) is 0 Å². The van der Waals surface area contributed by atoms with E-state index in [1.54, 1.807) is 4.68 Å². The van der Waals surface area contributed by atoms with Gasteiger partial charge in [-0.2, -0.15) is 5.10 Å². The number of aryl methyl sites for hydroxylation is 1. The summed E-state index contributed by atoms with van der Waals surface area (Å²) in [6, 6.07) is 27.9. The van der Waals surface area contributed by atoms with E-state index >= 15 is 8.78 Å². The number of likely N-dealkylation sites (tertiary alicyclic amines) is 1. The molecule has 0 bridgehead atoms. The van der Waals surface area contributed by atoms with E-state index in [9.17, 15) is 19.2 Å². The van der Waals surface area contributed by atoms with E-state index in [2.05, 4.69) is 51.0 Å². The fourth-order valence-electron chi connectivity index (χ4n) is 11.4. The number of benzene rings is 5. The van der Waals surface area contributed by atoms with Gasteiger partial charge in [0.15, 0.2) is 23.0 Å². The van der Waals surface area contributed by atoms with Crippen LogP contribution >= 0.6 is 11.6 Å². The molecule has 1 saturated carbocycles. The zero-order valence-corrected chi connectivity index (χ0v) is 40.7. The maximum atomic E-state index is 16.2. The van der Waals surface area contributed by atoms with Crippen molar-refractivity contribution >= 4 is 52.1 Å². The standard InChI is InChI=1S/C55H56ClF2N7O6/c1-31-46-44(29-41(57)49(56)48(46)47-40(51(59)67)19-20-43(70-3)50(47)58)71-55(31,37-7-5-4-6-8-37)30-60-38-16-13-35(14-17-38)53(68)64-24-21-33(22-25-64)27-32-9-11-34(12-10-32)36-15-18-39-42(28-36)63(2)62-52(39)65-26-23-45(66)61-54(65)69/h4-12,15,18-20,28-29,31,33,35,38,60H,13-14,16-17,21-27,30H2,1-3H3,(H2,59,67)(H,61,66,69)/t31-,35?,38?,55-/m0/s1. The van der Waals surface area contributed by atoms with Gasteiger partial charge in [-0.1, -0.05) is 79.2 Å². The van der Waals surface area contributed by atoms with Gasteiger partial charge in [-0.05, 0) is 97.4 Å². The molecule has 71 heavy (non-hydrogen) atoms. The number of piperidine rings is 1. The number of amides is 5. The largest absolute Gasteiger partial charge is 0.494 e. The topological polar surface area (TPSA) is 161 Å². The van der Waals surface area contributed by atoms with Crippen LogP contribution in [0.3, 0.4) is 0 Å². The number of aromatic nitrogens is 2. The lowest BCUT2D eigenvalue weighted by Crippen LogP contribution is -2.49. The molecule has 0 radical (unpaired) electrons. The van der Waals surface area contributed by atoms with Crippen LogP contribution < -0.4 is 30.7 Å². The van der Waals surface area contributed by atoms with Gasteiger partial charge in [-0.15, -0.1) is 0 Å². The Morgan fingerprint density at radius 1 is 0.915 bits per heavy atom. The van der Waals surface area contributed by atoms with Crippen LogP contribution in [-0.2, 0) is 28.7 Å². The first-order valence-corrected chi connectivity index (χ1v) is 24.7. The second-order valence-corrected chi connectivity index (χ2v) is 19.8. The maximum Gasteiger partial charge on any atom is 0.329 e. The quantitative estimate of drug-likeness (QED) is 0.109. The molecular formula is C55H56ClF2N7O6. The van der Waals surface area contributed by atoms with Crippen LogP contribution in [0.5, 0.6) is 11.5 Å². The summed E-state index contributed by atoms with van der Waals surface area (Å²) < 4.78 is 45.8. The van der Waals surface area contributed by atoms with Gasteiger partial charge in [-0.25, -0.2) is 13.6 Å². The number of carbonyl (C=O) groups excluding carboxylic acids is 4. The molecule has 1 aromatic heterocycles. The minimum absolute atomic E-state index is 0.00410. The molecule has 5 amide bonds. The van der Waals surface area contributed by atoms with Gasteiger partial charge in [-0.3, -0.25) is 29.3 Å². The Bertz CT molecular complexity index is 3060. The summed E-state index contributed by atoms with van der Waals surface area (Å²) in [4.78, 5) is 54.5. The Labute approximate surface area is 415 Å². The van der Waals surface area contributed by atoms with Crippen LogP contribution in [0.2, 0.25) is 5.02 Å². The summed E-state index contributed by atoms with van der Waals surface area (Å²) in [6.07, 6.45) is 6.14. The fraction of sp³-hybridized carbons (Fsp3) is 0.364. The zero-order valence-electron chi connectivity index (χ0n) is 39.9. The van der Waals surface area contributed by atoms with Crippen molar-refractivity contribution in [2.45, 2.75) is 75.9 Å². The Hall–Kier alpha value is -6.84. The van der Waals surface area contributed by atoms with Gasteiger partial charge >= 0.3 is 6.03 Å². The van der Waals surface area contributed by atoms with E-state index in [1.807, 2.05) is 56.4 Å². The Balaban J connectivity index is 0.752. The molecule has 368 valence electrons. The molecule has 4 heterocycles. The summed E-state index contributed by atoms with van der Waals surface area (Å²) >= 11 is 6.70. The van der Waals surface area contributed by atoms with Crippen molar-refractivity contribution in [2.24, 2.45) is 24.6 Å². The molecule has 0 spiro atoms. The number of anilines is 1. The lowest BCUT2D eigenvalue weighted by atomic mass is 9.77. The first kappa shape index (κ1) is 47.8. The van der Waals surface area contributed by atoms with Crippen LogP contribution in [-0.4, -0.2) is 77.8 Å². The first-order valence-electron chi connectivity index (χ1n) is 24.4. The second-order valence-electron chi connectivity index (χ2n) is 19.4. The van der Waals surface area contributed by atoms with Crippen molar-refractivity contribution in [1.82, 2.24) is 25.3 Å². The van der Waals surface area contributed by atoms with Crippen LogP contribution in [0.15, 0.2) is 91.0 Å². The number of halogens is 3. The third-order valence-electron chi connectivity index (χ3n) is 15.4. The van der Waals surface area contributed by atoms with Gasteiger partial charge < -0.3 is 25.4 Å². The van der Waals surface area contributed by atoms with Crippen molar-refractivity contribution in [2.75, 3.05) is 38.2 Å². The molecule has 4 aliphatic rings. The van der Waals surface area contributed by atoms with Crippen molar-refractivity contribution < 1.29 is 37.4 Å². The number of rotatable bonds is 12. The molecule has 4 N–H and O–H groups in total. The van der Waals surface area contributed by atoms with E-state index in [0.717, 1.165) is 85.6 Å². The lowest BCUT2D eigenvalue weighted by Gasteiger charge is -2.38. The highest BCUT2D eigenvalue weighted by molar-refractivity contribution is 6.34. The Kier molecular flexibility index (Phi) is 13.1. The van der Waals surface area contributed by atoms with E-state index in [-0.39, 0.29) is 70.0 Å². The Morgan fingerprint density at radius 3 is 2.32 bits per heavy atom. The molecule has 13 nitrogen and oxygen atoms in total. The monoisotopic (exact) mass is 983 g/mol. The zero-order chi connectivity index (χ0) is 49.7. The Morgan fingerprint density at radius 2 is 1.63 bits per heavy atom. The molecule has 1 aliphatic carbocycles. The minimum Gasteiger partial charge on any atom is -0.494 e. The second kappa shape index (κ2) is 19.4. The number of hydrogen-bond acceptors (Lipinski definition) is 8. The number of imide groups is 1. The predicted octanol–water partition coefficient (Wildman–Crippen LogP) is 9.41. The van der Waals surface area contributed by atoms with Crippen LogP contribution in [0.4, 0.5) is 19.4 Å². The third-order valence-corrected chi connectivity index (χ3v) is 15.7. The highest BCUT2D eigenvalue weighted by atomic mass is 35.5. The van der Waals surface area contributed by atoms with Gasteiger partial charge in [0.05, 0.1) is 23.2 Å². The predicted molar refractivity (Wildman–Crippen MR) is 267 cm³/mol. The molecule has 16 heteroatoms. The normalized spacial score (nSPS) is 21.5. The summed E-state index contributed by atoms with van der Waals surface area (Å²) in [5, 5.41) is 11.2. The summed E-state index contributed by atoms with van der Waals surface area (Å²) in [7, 11) is 3.15. The number of methoxy groups -OCH3 is 1. The highest BCUT2D eigenvalue weighted by Crippen LogP contribution is 2.56. The average molecular weight is 985 g/mol. The number of ether oxygens (including phenoxy) is 2. The van der Waals surface area contributed by atoms with Crippen LogP contribution in [0.25, 0.3) is 33.2 Å². The molecule has 5 aromatic carbocycles.